The summed E-state index contributed by atoms with van der Waals surface area (Å²) in [6.45, 7) is 2.25. The first kappa shape index (κ1) is 16.8. The van der Waals surface area contributed by atoms with Crippen LogP contribution in [0.1, 0.15) is 76.2 Å². The largest absolute Gasteiger partial charge is 0.247 e. The van der Waals surface area contributed by atoms with E-state index >= 15 is 0 Å². The third-order valence-electron chi connectivity index (χ3n) is 4.89. The second-order valence-corrected chi connectivity index (χ2v) is 6.99. The van der Waals surface area contributed by atoms with Crippen LogP contribution in [0.25, 0.3) is 0 Å². The lowest BCUT2D eigenvalue weighted by Crippen LogP contribution is -2.24. The van der Waals surface area contributed by atoms with Crippen molar-refractivity contribution < 1.29 is 4.39 Å². The van der Waals surface area contributed by atoms with Crippen molar-refractivity contribution in [2.45, 2.75) is 76.8 Å². The molecule has 0 heterocycles. The summed E-state index contributed by atoms with van der Waals surface area (Å²) in [5.74, 6) is 0.788. The first-order valence-corrected chi connectivity index (χ1v) is 8.98. The van der Waals surface area contributed by atoms with Crippen LogP contribution in [-0.2, 0) is 0 Å². The zero-order valence-electron chi connectivity index (χ0n) is 13.2. The molecule has 0 aliphatic heterocycles. The summed E-state index contributed by atoms with van der Waals surface area (Å²) in [4.78, 5) is 0. The topological polar surface area (TPSA) is 0 Å². The minimum atomic E-state index is -0.678. The Hall–Kier alpha value is -0.560. The van der Waals surface area contributed by atoms with Gasteiger partial charge in [0.25, 0.3) is 0 Å². The molecule has 1 fully saturated rings. The first-order chi connectivity index (χ1) is 10.2. The molecular formula is C19H28ClF. The van der Waals surface area contributed by atoms with Crippen molar-refractivity contribution in [3.63, 3.8) is 0 Å². The quantitative estimate of drug-likeness (QED) is 0.479. The molecule has 0 nitrogen and oxygen atoms in total. The molecule has 0 radical (unpaired) electrons. The highest BCUT2D eigenvalue weighted by Gasteiger charge is 2.31. The molecule has 2 rings (SSSR count). The van der Waals surface area contributed by atoms with Crippen molar-refractivity contribution in [3.05, 3.63) is 34.9 Å². The van der Waals surface area contributed by atoms with Gasteiger partial charge in [0.1, 0.15) is 6.17 Å². The smallest absolute Gasteiger partial charge is 0.107 e. The van der Waals surface area contributed by atoms with E-state index in [1.165, 1.54) is 38.5 Å². The number of benzene rings is 1. The summed E-state index contributed by atoms with van der Waals surface area (Å²) < 4.78 is 14.3. The Morgan fingerprint density at radius 1 is 1.05 bits per heavy atom. The van der Waals surface area contributed by atoms with Gasteiger partial charge in [0.15, 0.2) is 0 Å². The van der Waals surface area contributed by atoms with Gasteiger partial charge >= 0.3 is 0 Å². The predicted octanol–water partition coefficient (Wildman–Crippen LogP) is 6.92. The fourth-order valence-corrected chi connectivity index (χ4v) is 3.70. The standard InChI is InChI=1S/C19H28ClF/c1-2-3-4-5-6-7-15-8-13-19(21)18(14-15)16-9-11-17(20)12-10-16/h9-12,15,18-19H,2-8,13-14H2,1H3. The van der Waals surface area contributed by atoms with Gasteiger partial charge in [-0.2, -0.15) is 0 Å². The lowest BCUT2D eigenvalue weighted by Gasteiger charge is -2.32. The summed E-state index contributed by atoms with van der Waals surface area (Å²) in [7, 11) is 0. The van der Waals surface area contributed by atoms with Gasteiger partial charge < -0.3 is 0 Å². The third-order valence-corrected chi connectivity index (χ3v) is 5.14. The Bertz CT molecular complexity index is 401. The zero-order valence-corrected chi connectivity index (χ0v) is 13.9. The molecule has 3 unspecified atom stereocenters. The molecule has 0 aromatic heterocycles. The first-order valence-electron chi connectivity index (χ1n) is 8.60. The summed E-state index contributed by atoms with van der Waals surface area (Å²) in [6, 6.07) is 7.78. The van der Waals surface area contributed by atoms with Gasteiger partial charge in [-0.25, -0.2) is 4.39 Å². The Morgan fingerprint density at radius 3 is 2.48 bits per heavy atom. The summed E-state index contributed by atoms with van der Waals surface area (Å²) >= 11 is 5.93. The third kappa shape index (κ3) is 5.29. The van der Waals surface area contributed by atoms with Crippen LogP contribution in [0.3, 0.4) is 0 Å². The minimum absolute atomic E-state index is 0.0802. The monoisotopic (exact) mass is 310 g/mol. The van der Waals surface area contributed by atoms with E-state index in [0.717, 1.165) is 29.8 Å². The molecule has 0 N–H and O–H groups in total. The SMILES string of the molecule is CCCCCCCC1CCC(F)C(c2ccc(Cl)cc2)C1. The zero-order chi connectivity index (χ0) is 15.1. The summed E-state index contributed by atoms with van der Waals surface area (Å²) in [5.41, 5.74) is 1.13. The fourth-order valence-electron chi connectivity index (χ4n) is 3.57. The van der Waals surface area contributed by atoms with Gasteiger partial charge in [-0.1, -0.05) is 69.2 Å². The number of halogens is 2. The average molecular weight is 311 g/mol. The van der Waals surface area contributed by atoms with E-state index in [0.29, 0.717) is 5.92 Å². The Kier molecular flexibility index (Phi) is 7.03. The van der Waals surface area contributed by atoms with Crippen LogP contribution >= 0.6 is 11.6 Å². The molecule has 0 amide bonds. The predicted molar refractivity (Wildman–Crippen MR) is 89.8 cm³/mol. The van der Waals surface area contributed by atoms with Crippen molar-refractivity contribution in [3.8, 4) is 0 Å². The number of rotatable bonds is 7. The van der Waals surface area contributed by atoms with Crippen molar-refractivity contribution in [1.29, 1.82) is 0 Å². The second-order valence-electron chi connectivity index (χ2n) is 6.56. The highest BCUT2D eigenvalue weighted by Crippen LogP contribution is 2.40. The lowest BCUT2D eigenvalue weighted by atomic mass is 9.75. The molecule has 1 aromatic carbocycles. The lowest BCUT2D eigenvalue weighted by molar-refractivity contribution is 0.168. The van der Waals surface area contributed by atoms with Crippen molar-refractivity contribution >= 4 is 11.6 Å². The minimum Gasteiger partial charge on any atom is -0.247 e. The normalized spacial score (nSPS) is 26.0. The van der Waals surface area contributed by atoms with E-state index in [2.05, 4.69) is 6.92 Å². The average Bonchev–Trinajstić information content (AvgIpc) is 2.50. The van der Waals surface area contributed by atoms with Gasteiger partial charge in [0.2, 0.25) is 0 Å². The molecule has 118 valence electrons. The maximum absolute atomic E-state index is 14.3. The number of hydrogen-bond acceptors (Lipinski definition) is 0. The fraction of sp³-hybridized carbons (Fsp3) is 0.684. The highest BCUT2D eigenvalue weighted by atomic mass is 35.5. The molecule has 1 aliphatic carbocycles. The maximum Gasteiger partial charge on any atom is 0.107 e. The molecule has 2 heteroatoms. The molecule has 1 aromatic rings. The van der Waals surface area contributed by atoms with E-state index in [1.54, 1.807) is 0 Å². The molecule has 0 saturated heterocycles. The van der Waals surface area contributed by atoms with Crippen LogP contribution in [0.15, 0.2) is 24.3 Å². The van der Waals surface area contributed by atoms with Crippen LogP contribution in [0.4, 0.5) is 4.39 Å². The highest BCUT2D eigenvalue weighted by molar-refractivity contribution is 6.30. The van der Waals surface area contributed by atoms with E-state index < -0.39 is 6.17 Å². The van der Waals surface area contributed by atoms with E-state index in [1.807, 2.05) is 24.3 Å². The molecule has 21 heavy (non-hydrogen) atoms. The van der Waals surface area contributed by atoms with E-state index in [4.69, 9.17) is 11.6 Å². The molecule has 0 spiro atoms. The second kappa shape index (κ2) is 8.78. The van der Waals surface area contributed by atoms with Gasteiger partial charge in [0, 0.05) is 10.9 Å². The number of hydrogen-bond donors (Lipinski definition) is 0. The van der Waals surface area contributed by atoms with Crippen LogP contribution in [0.2, 0.25) is 5.02 Å². The molecular weight excluding hydrogens is 283 g/mol. The summed E-state index contributed by atoms with van der Waals surface area (Å²) in [5, 5.41) is 0.734. The Labute approximate surface area is 134 Å². The van der Waals surface area contributed by atoms with E-state index in [-0.39, 0.29) is 5.92 Å². The molecule has 1 saturated carbocycles. The van der Waals surface area contributed by atoms with Gasteiger partial charge in [-0.15, -0.1) is 0 Å². The Balaban J connectivity index is 1.83. The summed E-state index contributed by atoms with van der Waals surface area (Å²) in [6.07, 6.45) is 10.1. The van der Waals surface area contributed by atoms with Crippen LogP contribution in [0.5, 0.6) is 0 Å². The molecule has 3 atom stereocenters. The van der Waals surface area contributed by atoms with Gasteiger partial charge in [0.05, 0.1) is 0 Å². The van der Waals surface area contributed by atoms with Crippen LogP contribution in [-0.4, -0.2) is 6.17 Å². The maximum atomic E-state index is 14.3. The van der Waals surface area contributed by atoms with Crippen molar-refractivity contribution in [2.75, 3.05) is 0 Å². The van der Waals surface area contributed by atoms with Crippen molar-refractivity contribution in [2.24, 2.45) is 5.92 Å². The number of alkyl halides is 1. The van der Waals surface area contributed by atoms with E-state index in [9.17, 15) is 4.39 Å². The number of unbranched alkanes of at least 4 members (excludes halogenated alkanes) is 4. The Morgan fingerprint density at radius 2 is 1.76 bits per heavy atom. The van der Waals surface area contributed by atoms with Crippen LogP contribution in [0, 0.1) is 5.92 Å². The van der Waals surface area contributed by atoms with Crippen LogP contribution < -0.4 is 0 Å². The molecule has 1 aliphatic rings. The van der Waals surface area contributed by atoms with Gasteiger partial charge in [-0.05, 0) is 42.9 Å². The molecule has 0 bridgehead atoms. The van der Waals surface area contributed by atoms with Crippen molar-refractivity contribution in [1.82, 2.24) is 0 Å². The van der Waals surface area contributed by atoms with Gasteiger partial charge in [-0.3, -0.25) is 0 Å².